The molecule has 4 aromatic carbocycles. The van der Waals surface area contributed by atoms with Gasteiger partial charge in [0.15, 0.2) is 0 Å². The zero-order valence-electron chi connectivity index (χ0n) is 21.7. The van der Waals surface area contributed by atoms with E-state index >= 15 is 0 Å². The molecule has 0 saturated carbocycles. The van der Waals surface area contributed by atoms with Gasteiger partial charge in [-0.2, -0.15) is 8.42 Å². The molecule has 7 nitrogen and oxygen atoms in total. The maximum absolute atomic E-state index is 11.1. The summed E-state index contributed by atoms with van der Waals surface area (Å²) >= 11 is 0. The smallest absolute Gasteiger partial charge is 0.308 e. The predicted molar refractivity (Wildman–Crippen MR) is 153 cm³/mol. The molecule has 4 aromatic rings. The number of ether oxygens (including phenoxy) is 2. The van der Waals surface area contributed by atoms with Crippen LogP contribution >= 0.6 is 8.58 Å². The molecule has 4 rings (SSSR count). The lowest BCUT2D eigenvalue weighted by molar-refractivity contribution is -0.132. The molecule has 202 valence electrons. The summed E-state index contributed by atoms with van der Waals surface area (Å²) < 4.78 is 39.8. The Morgan fingerprint density at radius 1 is 0.692 bits per heavy atom. The minimum absolute atomic E-state index is 0.0666. The highest BCUT2D eigenvalue weighted by Gasteiger charge is 2.16. The van der Waals surface area contributed by atoms with Gasteiger partial charge in [-0.1, -0.05) is 80.9 Å². The molecule has 1 N–H and O–H groups in total. The Morgan fingerprint density at radius 3 is 1.51 bits per heavy atom. The number of rotatable bonds is 7. The molecular weight excluding hydrogens is 535 g/mol. The third-order valence-electron chi connectivity index (χ3n) is 5.35. The minimum Gasteiger partial charge on any atom is -0.427 e. The average molecular weight is 565 g/mol. The van der Waals surface area contributed by atoms with E-state index in [-0.39, 0.29) is 22.5 Å². The normalized spacial score (nSPS) is 11.1. The van der Waals surface area contributed by atoms with E-state index in [1.807, 2.05) is 73.7 Å². The second kappa shape index (κ2) is 13.8. The molecule has 0 radical (unpaired) electrons. The van der Waals surface area contributed by atoms with Crippen molar-refractivity contribution in [2.75, 3.05) is 0 Å². The first-order chi connectivity index (χ1) is 18.5. The number of carbonyl (C=O) groups excluding carboxylic acids is 2. The number of aryl methyl sites for hydroxylation is 1. The van der Waals surface area contributed by atoms with E-state index < -0.39 is 10.1 Å². The van der Waals surface area contributed by atoms with Crippen LogP contribution in [0.15, 0.2) is 108 Å². The second-order valence-electron chi connectivity index (χ2n) is 8.56. The Hall–Kier alpha value is -3.84. The molecule has 0 spiro atoms. The highest BCUT2D eigenvalue weighted by atomic mass is 32.2. The van der Waals surface area contributed by atoms with Crippen LogP contribution in [0, 0.1) is 6.92 Å². The quantitative estimate of drug-likeness (QED) is 0.129. The molecule has 39 heavy (non-hydrogen) atoms. The highest BCUT2D eigenvalue weighted by molar-refractivity contribution is 7.85. The summed E-state index contributed by atoms with van der Waals surface area (Å²) in [6.07, 6.45) is 0. The number of esters is 2. The molecule has 1 atom stereocenters. The SMILES string of the molecule is CC(=O)Oc1ccc(C(Pc2ccccc2)c2ccc(OC(C)=O)cc2)cc1.Cc1ccc(S(=O)(=O)O)cc1. The van der Waals surface area contributed by atoms with Crippen LogP contribution in [0.2, 0.25) is 0 Å². The lowest BCUT2D eigenvalue weighted by atomic mass is 10.0. The summed E-state index contributed by atoms with van der Waals surface area (Å²) in [5.41, 5.74) is 3.34. The first-order valence-electron chi connectivity index (χ1n) is 11.9. The van der Waals surface area contributed by atoms with Crippen molar-refractivity contribution in [1.82, 2.24) is 0 Å². The molecule has 1 unspecified atom stereocenters. The lowest BCUT2D eigenvalue weighted by Gasteiger charge is -2.19. The molecule has 0 amide bonds. The molecule has 0 fully saturated rings. The summed E-state index contributed by atoms with van der Waals surface area (Å²) in [5, 5.41) is 1.25. The van der Waals surface area contributed by atoms with Crippen molar-refractivity contribution in [2.24, 2.45) is 0 Å². The van der Waals surface area contributed by atoms with Crippen LogP contribution < -0.4 is 14.8 Å². The third-order valence-corrected chi connectivity index (χ3v) is 7.84. The number of hydrogen-bond acceptors (Lipinski definition) is 6. The molecule has 0 aliphatic heterocycles. The van der Waals surface area contributed by atoms with Crippen LogP contribution in [0.25, 0.3) is 0 Å². The van der Waals surface area contributed by atoms with Crippen molar-refractivity contribution in [1.29, 1.82) is 0 Å². The van der Waals surface area contributed by atoms with Crippen molar-refractivity contribution < 1.29 is 32.0 Å². The van der Waals surface area contributed by atoms with Crippen LogP contribution in [-0.4, -0.2) is 24.9 Å². The average Bonchev–Trinajstić information content (AvgIpc) is 2.88. The van der Waals surface area contributed by atoms with Gasteiger partial charge in [-0.3, -0.25) is 14.1 Å². The minimum atomic E-state index is -4.02. The largest absolute Gasteiger partial charge is 0.427 e. The fourth-order valence-electron chi connectivity index (χ4n) is 3.56. The maximum Gasteiger partial charge on any atom is 0.308 e. The number of carbonyl (C=O) groups is 2. The maximum atomic E-state index is 11.1. The molecule has 0 bridgehead atoms. The van der Waals surface area contributed by atoms with Gasteiger partial charge in [0.25, 0.3) is 10.1 Å². The van der Waals surface area contributed by atoms with Gasteiger partial charge in [0.05, 0.1) is 4.90 Å². The number of benzene rings is 4. The zero-order valence-corrected chi connectivity index (χ0v) is 23.5. The zero-order chi connectivity index (χ0) is 28.4. The van der Waals surface area contributed by atoms with Gasteiger partial charge < -0.3 is 9.47 Å². The van der Waals surface area contributed by atoms with Gasteiger partial charge in [0.2, 0.25) is 0 Å². The third kappa shape index (κ3) is 9.76. The Labute approximate surface area is 230 Å². The van der Waals surface area contributed by atoms with Gasteiger partial charge in [-0.25, -0.2) is 0 Å². The van der Waals surface area contributed by atoms with Gasteiger partial charge in [0.1, 0.15) is 11.5 Å². The van der Waals surface area contributed by atoms with Gasteiger partial charge in [-0.15, -0.1) is 0 Å². The standard InChI is InChI=1S/C23H21O4P.C7H8O3S/c1-16(24)26-20-12-8-18(9-13-20)23(28-22-6-4-3-5-7-22)19-10-14-21(15-11-19)27-17(2)25;1-6-2-4-7(5-3-6)11(8,9)10/h3-15,23,28H,1-2H3;2-5H,1H3,(H,8,9,10). The molecule has 0 heterocycles. The van der Waals surface area contributed by atoms with E-state index in [0.717, 1.165) is 16.7 Å². The van der Waals surface area contributed by atoms with Crippen molar-refractivity contribution in [3.8, 4) is 11.5 Å². The predicted octanol–water partition coefficient (Wildman–Crippen LogP) is 5.87. The number of hydrogen-bond donors (Lipinski definition) is 1. The highest BCUT2D eigenvalue weighted by Crippen LogP contribution is 2.41. The first kappa shape index (κ1) is 29.7. The van der Waals surface area contributed by atoms with E-state index in [4.69, 9.17) is 14.0 Å². The van der Waals surface area contributed by atoms with E-state index in [9.17, 15) is 18.0 Å². The fraction of sp³-hybridized carbons (Fsp3) is 0.133. The first-order valence-corrected chi connectivity index (χ1v) is 14.5. The molecule has 0 aliphatic carbocycles. The summed E-state index contributed by atoms with van der Waals surface area (Å²) in [7, 11) is -3.50. The van der Waals surface area contributed by atoms with Crippen LogP contribution in [-0.2, 0) is 19.7 Å². The monoisotopic (exact) mass is 564 g/mol. The van der Waals surface area contributed by atoms with Gasteiger partial charge in [0, 0.05) is 19.5 Å². The summed E-state index contributed by atoms with van der Waals surface area (Å²) in [6, 6.07) is 31.5. The van der Waals surface area contributed by atoms with Crippen molar-refractivity contribution >= 4 is 35.9 Å². The van der Waals surface area contributed by atoms with Crippen LogP contribution in [0.3, 0.4) is 0 Å². The van der Waals surface area contributed by atoms with Crippen LogP contribution in [0.1, 0.15) is 36.2 Å². The van der Waals surface area contributed by atoms with Crippen molar-refractivity contribution in [3.05, 3.63) is 120 Å². The van der Waals surface area contributed by atoms with Gasteiger partial charge in [-0.05, 0) is 59.8 Å². The summed E-state index contributed by atoms with van der Waals surface area (Å²) in [4.78, 5) is 22.2. The summed E-state index contributed by atoms with van der Waals surface area (Å²) in [5.74, 6) is 0.388. The van der Waals surface area contributed by atoms with Crippen LogP contribution in [0.4, 0.5) is 0 Å². The van der Waals surface area contributed by atoms with Crippen molar-refractivity contribution in [3.63, 3.8) is 0 Å². The Bertz CT molecular complexity index is 1420. The Morgan fingerprint density at radius 2 is 1.13 bits per heavy atom. The Balaban J connectivity index is 0.000000320. The molecule has 0 aliphatic rings. The molecular formula is C30H29O7PS. The van der Waals surface area contributed by atoms with E-state index in [1.165, 1.54) is 31.3 Å². The van der Waals surface area contributed by atoms with E-state index in [0.29, 0.717) is 20.1 Å². The molecule has 0 saturated heterocycles. The Kier molecular flexibility index (Phi) is 10.5. The van der Waals surface area contributed by atoms with Crippen LogP contribution in [0.5, 0.6) is 11.5 Å². The molecule has 0 aromatic heterocycles. The second-order valence-corrected chi connectivity index (χ2v) is 11.4. The molecule has 9 heteroatoms. The fourth-order valence-corrected chi connectivity index (χ4v) is 5.48. The van der Waals surface area contributed by atoms with Crippen molar-refractivity contribution in [2.45, 2.75) is 31.3 Å². The van der Waals surface area contributed by atoms with E-state index in [1.54, 1.807) is 12.1 Å². The lowest BCUT2D eigenvalue weighted by Crippen LogP contribution is -2.04. The van der Waals surface area contributed by atoms with Gasteiger partial charge >= 0.3 is 11.9 Å². The summed E-state index contributed by atoms with van der Waals surface area (Å²) in [6.45, 7) is 4.62. The van der Waals surface area contributed by atoms with E-state index in [2.05, 4.69) is 12.1 Å². The topological polar surface area (TPSA) is 107 Å².